The lowest BCUT2D eigenvalue weighted by atomic mass is 9.95. The van der Waals surface area contributed by atoms with E-state index in [1.54, 1.807) is 20.2 Å². The Labute approximate surface area is 96.7 Å². The van der Waals surface area contributed by atoms with Crippen LogP contribution in [0.5, 0.6) is 0 Å². The van der Waals surface area contributed by atoms with Crippen molar-refractivity contribution in [2.75, 3.05) is 14.1 Å². The fourth-order valence-electron chi connectivity index (χ4n) is 1.24. The van der Waals surface area contributed by atoms with E-state index >= 15 is 0 Å². The maximum Gasteiger partial charge on any atom is 0.272 e. The maximum atomic E-state index is 11.8. The minimum atomic E-state index is -0.145. The van der Waals surface area contributed by atoms with E-state index in [-0.39, 0.29) is 11.3 Å². The van der Waals surface area contributed by atoms with Gasteiger partial charge in [0.1, 0.15) is 11.5 Å². The summed E-state index contributed by atoms with van der Waals surface area (Å²) in [5.74, 6) is 0.619. The smallest absolute Gasteiger partial charge is 0.272 e. The van der Waals surface area contributed by atoms with E-state index in [1.807, 2.05) is 27.7 Å². The van der Waals surface area contributed by atoms with Crippen molar-refractivity contribution in [3.63, 3.8) is 0 Å². The van der Waals surface area contributed by atoms with Crippen LogP contribution < -0.4 is 0 Å². The third-order valence-electron chi connectivity index (χ3n) is 2.15. The van der Waals surface area contributed by atoms with Crippen molar-refractivity contribution >= 4 is 5.91 Å². The molecule has 1 aromatic rings. The Balaban J connectivity index is 3.24. The number of carbonyl (C=O) groups excluding carboxylic acids is 1. The molecule has 0 saturated carbocycles. The van der Waals surface area contributed by atoms with Gasteiger partial charge in [-0.05, 0) is 13.0 Å². The van der Waals surface area contributed by atoms with Gasteiger partial charge in [-0.15, -0.1) is 0 Å². The molecule has 0 radical (unpaired) electrons. The summed E-state index contributed by atoms with van der Waals surface area (Å²) in [5.41, 5.74) is 1.14. The Kier molecular flexibility index (Phi) is 3.31. The van der Waals surface area contributed by atoms with Gasteiger partial charge in [0.2, 0.25) is 0 Å². The van der Waals surface area contributed by atoms with E-state index in [1.165, 1.54) is 4.90 Å². The summed E-state index contributed by atoms with van der Waals surface area (Å²) in [6.45, 7) is 7.98. The second kappa shape index (κ2) is 4.20. The van der Waals surface area contributed by atoms with Crippen LogP contribution in [0, 0.1) is 6.92 Å². The molecule has 0 aliphatic carbocycles. The molecule has 0 aliphatic heterocycles. The molecule has 4 nitrogen and oxygen atoms in total. The molecule has 0 fully saturated rings. The fraction of sp³-hybridized carbons (Fsp3) is 0.583. The molecule has 1 heterocycles. The van der Waals surface area contributed by atoms with Crippen LogP contribution >= 0.6 is 0 Å². The van der Waals surface area contributed by atoms with Gasteiger partial charge in [0, 0.05) is 25.2 Å². The molecule has 16 heavy (non-hydrogen) atoms. The van der Waals surface area contributed by atoms with E-state index in [0.717, 1.165) is 5.69 Å². The van der Waals surface area contributed by atoms with Crippen LogP contribution in [0.2, 0.25) is 0 Å². The molecule has 0 aliphatic rings. The van der Waals surface area contributed by atoms with Crippen molar-refractivity contribution < 1.29 is 4.79 Å². The Morgan fingerprint density at radius 1 is 1.25 bits per heavy atom. The molecule has 1 aromatic heterocycles. The van der Waals surface area contributed by atoms with Crippen molar-refractivity contribution in [3.05, 3.63) is 23.3 Å². The highest BCUT2D eigenvalue weighted by atomic mass is 16.2. The normalized spacial score (nSPS) is 11.4. The number of nitrogens with zero attached hydrogens (tertiary/aromatic N) is 3. The quantitative estimate of drug-likeness (QED) is 0.726. The largest absolute Gasteiger partial charge is 0.343 e. The van der Waals surface area contributed by atoms with Gasteiger partial charge in [-0.1, -0.05) is 20.8 Å². The summed E-state index contributed by atoms with van der Waals surface area (Å²) < 4.78 is 0. The number of amides is 1. The lowest BCUT2D eigenvalue weighted by molar-refractivity contribution is 0.0821. The molecular weight excluding hydrogens is 202 g/mol. The molecule has 0 aromatic carbocycles. The second-order valence-corrected chi connectivity index (χ2v) is 5.17. The zero-order chi connectivity index (χ0) is 12.5. The molecule has 1 rings (SSSR count). The molecule has 0 unspecified atom stereocenters. The highest BCUT2D eigenvalue weighted by molar-refractivity contribution is 5.92. The molecule has 88 valence electrons. The van der Waals surface area contributed by atoms with Gasteiger partial charge < -0.3 is 4.90 Å². The SMILES string of the molecule is Cc1cc(C(=O)N(C)C)nc(C(C)(C)C)n1. The first-order valence-corrected chi connectivity index (χ1v) is 5.29. The second-order valence-electron chi connectivity index (χ2n) is 5.17. The zero-order valence-corrected chi connectivity index (χ0v) is 10.8. The van der Waals surface area contributed by atoms with Crippen LogP contribution in [0.1, 0.15) is 42.8 Å². The molecular formula is C12H19N3O. The number of hydrogen-bond acceptors (Lipinski definition) is 3. The van der Waals surface area contributed by atoms with Crippen LogP contribution in [0.25, 0.3) is 0 Å². The van der Waals surface area contributed by atoms with Gasteiger partial charge in [-0.25, -0.2) is 9.97 Å². The molecule has 0 bridgehead atoms. The average molecular weight is 221 g/mol. The number of rotatable bonds is 1. The predicted octanol–water partition coefficient (Wildman–Crippen LogP) is 1.78. The number of carbonyl (C=O) groups is 1. The van der Waals surface area contributed by atoms with Gasteiger partial charge in [0.15, 0.2) is 0 Å². The van der Waals surface area contributed by atoms with Gasteiger partial charge >= 0.3 is 0 Å². The zero-order valence-electron chi connectivity index (χ0n) is 10.8. The van der Waals surface area contributed by atoms with Crippen molar-refractivity contribution in [2.45, 2.75) is 33.1 Å². The first-order chi connectivity index (χ1) is 7.21. The minimum absolute atomic E-state index is 0.0870. The summed E-state index contributed by atoms with van der Waals surface area (Å²) in [6, 6.07) is 1.72. The van der Waals surface area contributed by atoms with E-state index in [4.69, 9.17) is 0 Å². The minimum Gasteiger partial charge on any atom is -0.343 e. The average Bonchev–Trinajstić information content (AvgIpc) is 2.14. The van der Waals surface area contributed by atoms with Crippen LogP contribution in [-0.2, 0) is 5.41 Å². The third kappa shape index (κ3) is 2.78. The monoisotopic (exact) mass is 221 g/mol. The Morgan fingerprint density at radius 3 is 2.25 bits per heavy atom. The molecule has 1 amide bonds. The van der Waals surface area contributed by atoms with Crippen molar-refractivity contribution in [1.82, 2.24) is 14.9 Å². The van der Waals surface area contributed by atoms with Gasteiger partial charge in [-0.2, -0.15) is 0 Å². The van der Waals surface area contributed by atoms with Crippen molar-refractivity contribution in [2.24, 2.45) is 0 Å². The number of aryl methyl sites for hydroxylation is 1. The Morgan fingerprint density at radius 2 is 1.81 bits per heavy atom. The fourth-order valence-corrected chi connectivity index (χ4v) is 1.24. The molecule has 0 atom stereocenters. The summed E-state index contributed by atoms with van der Waals surface area (Å²) in [7, 11) is 3.44. The summed E-state index contributed by atoms with van der Waals surface area (Å²) in [4.78, 5) is 22.0. The molecule has 4 heteroatoms. The maximum absolute atomic E-state index is 11.8. The van der Waals surface area contributed by atoms with Crippen LogP contribution in [0.15, 0.2) is 6.07 Å². The van der Waals surface area contributed by atoms with E-state index in [9.17, 15) is 4.79 Å². The Hall–Kier alpha value is -1.45. The van der Waals surface area contributed by atoms with Crippen LogP contribution in [0.4, 0.5) is 0 Å². The number of aromatic nitrogens is 2. The van der Waals surface area contributed by atoms with Crippen LogP contribution in [-0.4, -0.2) is 34.9 Å². The van der Waals surface area contributed by atoms with Crippen molar-refractivity contribution in [1.29, 1.82) is 0 Å². The van der Waals surface area contributed by atoms with E-state index < -0.39 is 0 Å². The lowest BCUT2D eigenvalue weighted by Gasteiger charge is -2.18. The number of hydrogen-bond donors (Lipinski definition) is 0. The molecule has 0 N–H and O–H groups in total. The van der Waals surface area contributed by atoms with Gasteiger partial charge in [0.05, 0.1) is 0 Å². The van der Waals surface area contributed by atoms with E-state index in [0.29, 0.717) is 11.5 Å². The highest BCUT2D eigenvalue weighted by Gasteiger charge is 2.20. The summed E-state index contributed by atoms with van der Waals surface area (Å²) in [6.07, 6.45) is 0. The topological polar surface area (TPSA) is 46.1 Å². The predicted molar refractivity (Wildman–Crippen MR) is 63.5 cm³/mol. The molecule has 0 spiro atoms. The first kappa shape index (κ1) is 12.6. The van der Waals surface area contributed by atoms with Gasteiger partial charge in [0.25, 0.3) is 5.91 Å². The summed E-state index contributed by atoms with van der Waals surface area (Å²) in [5, 5.41) is 0. The molecule has 0 saturated heterocycles. The lowest BCUT2D eigenvalue weighted by Crippen LogP contribution is -2.25. The standard InChI is InChI=1S/C12H19N3O/c1-8-7-9(10(16)15(5)6)14-11(13-8)12(2,3)4/h7H,1-6H3. The third-order valence-corrected chi connectivity index (χ3v) is 2.15. The van der Waals surface area contributed by atoms with Gasteiger partial charge in [-0.3, -0.25) is 4.79 Å². The first-order valence-electron chi connectivity index (χ1n) is 5.29. The van der Waals surface area contributed by atoms with Crippen LogP contribution in [0.3, 0.4) is 0 Å². The van der Waals surface area contributed by atoms with Crippen molar-refractivity contribution in [3.8, 4) is 0 Å². The summed E-state index contributed by atoms with van der Waals surface area (Å²) >= 11 is 0. The van der Waals surface area contributed by atoms with E-state index in [2.05, 4.69) is 9.97 Å². The Bertz CT molecular complexity index is 405. The highest BCUT2D eigenvalue weighted by Crippen LogP contribution is 2.18.